The van der Waals surface area contributed by atoms with E-state index >= 15 is 0 Å². The summed E-state index contributed by atoms with van der Waals surface area (Å²) >= 11 is 0. The molecule has 0 amide bonds. The average Bonchev–Trinajstić information content (AvgIpc) is 3.78. The summed E-state index contributed by atoms with van der Waals surface area (Å²) in [6.07, 6.45) is 6.06. The quantitative estimate of drug-likeness (QED) is 0.0992. The molecule has 1 N–H and O–H groups in total. The zero-order valence-corrected chi connectivity index (χ0v) is 22.7. The highest BCUT2D eigenvalue weighted by molar-refractivity contribution is 5.96. The summed E-state index contributed by atoms with van der Waals surface area (Å²) in [6.45, 7) is 1.87. The van der Waals surface area contributed by atoms with Crippen LogP contribution in [-0.4, -0.2) is 50.2 Å². The summed E-state index contributed by atoms with van der Waals surface area (Å²) in [5.74, 6) is -1.07. The predicted molar refractivity (Wildman–Crippen MR) is 149 cm³/mol. The van der Waals surface area contributed by atoms with Gasteiger partial charge in [-0.2, -0.15) is 5.26 Å². The number of rotatable bonds is 12. The van der Waals surface area contributed by atoms with Crippen LogP contribution in [0.2, 0.25) is 0 Å². The second-order valence-electron chi connectivity index (χ2n) is 10.1. The fourth-order valence-corrected chi connectivity index (χ4v) is 4.78. The molecular formula is C32H29FN2O7. The van der Waals surface area contributed by atoms with E-state index in [1.54, 1.807) is 30.3 Å². The molecule has 0 spiro atoms. The summed E-state index contributed by atoms with van der Waals surface area (Å²) in [5.41, 5.74) is 0.332. The smallest absolute Gasteiger partial charge is 0.343 e. The number of halogens is 1. The fourth-order valence-electron chi connectivity index (χ4n) is 4.78. The molecule has 42 heavy (non-hydrogen) atoms. The molecule has 1 aliphatic carbocycles. The lowest BCUT2D eigenvalue weighted by Gasteiger charge is -2.18. The first kappa shape index (κ1) is 28.9. The van der Waals surface area contributed by atoms with Crippen molar-refractivity contribution in [1.82, 2.24) is 0 Å². The summed E-state index contributed by atoms with van der Waals surface area (Å²) in [5, 5.41) is 16.5. The van der Waals surface area contributed by atoms with Gasteiger partial charge in [0, 0.05) is 37.5 Å². The first-order valence-corrected chi connectivity index (χ1v) is 13.7. The van der Waals surface area contributed by atoms with Crippen LogP contribution in [0.5, 0.6) is 17.2 Å². The van der Waals surface area contributed by atoms with Gasteiger partial charge in [-0.05, 0) is 79.8 Å². The Bertz CT molecular complexity index is 1500. The minimum Gasteiger partial charge on any atom is -0.494 e. The SMILES string of the molecule is N#Cc1ccc(OC(=O)c2ccc(OC(=O)c3ccc(OCCCOCC4CCC5OC5C4)cc3)c(C=N)c2)cc1F. The van der Waals surface area contributed by atoms with Gasteiger partial charge in [-0.15, -0.1) is 0 Å². The fraction of sp³-hybridized carbons (Fsp3) is 0.312. The van der Waals surface area contributed by atoms with E-state index < -0.39 is 17.8 Å². The zero-order valence-electron chi connectivity index (χ0n) is 22.7. The second kappa shape index (κ2) is 13.4. The maximum Gasteiger partial charge on any atom is 0.343 e. The van der Waals surface area contributed by atoms with Gasteiger partial charge in [0.1, 0.15) is 29.1 Å². The number of esters is 2. The Balaban J connectivity index is 1.07. The Morgan fingerprint density at radius 2 is 1.71 bits per heavy atom. The van der Waals surface area contributed by atoms with Gasteiger partial charge in [0.15, 0.2) is 0 Å². The minimum absolute atomic E-state index is 0.0601. The van der Waals surface area contributed by atoms with E-state index in [2.05, 4.69) is 0 Å². The van der Waals surface area contributed by atoms with E-state index in [-0.39, 0.29) is 33.8 Å². The standard InChI is InChI=1S/C32H29FN2O7/c33-27-16-26(9-5-23(27)17-34)40-32(37)22-6-11-28(24(15-22)18-35)42-31(36)21-3-7-25(8-4-21)39-13-1-12-38-19-20-2-10-29-30(14-20)41-29/h3-9,11,15-16,18,20,29-30,35H,1-2,10,12-14,19H2. The van der Waals surface area contributed by atoms with Crippen molar-refractivity contribution in [3.63, 3.8) is 0 Å². The number of ether oxygens (including phenoxy) is 5. The van der Waals surface area contributed by atoms with Gasteiger partial charge in [-0.3, -0.25) is 0 Å². The van der Waals surface area contributed by atoms with Crippen LogP contribution < -0.4 is 14.2 Å². The van der Waals surface area contributed by atoms with Crippen molar-refractivity contribution in [1.29, 1.82) is 10.7 Å². The molecule has 1 saturated heterocycles. The number of nitriles is 1. The Hall–Kier alpha value is -4.59. The van der Waals surface area contributed by atoms with E-state index in [0.29, 0.717) is 37.1 Å². The molecule has 1 saturated carbocycles. The Kier molecular flexibility index (Phi) is 9.21. The summed E-state index contributed by atoms with van der Waals surface area (Å²) in [7, 11) is 0. The lowest BCUT2D eigenvalue weighted by molar-refractivity contribution is 0.0730. The molecule has 0 aromatic heterocycles. The number of carbonyl (C=O) groups is 2. The first-order valence-electron chi connectivity index (χ1n) is 13.7. The van der Waals surface area contributed by atoms with Crippen LogP contribution in [0.3, 0.4) is 0 Å². The highest BCUT2D eigenvalue weighted by atomic mass is 19.1. The van der Waals surface area contributed by atoms with Crippen LogP contribution in [0.15, 0.2) is 60.7 Å². The normalized spacial score (nSPS) is 18.7. The second-order valence-corrected chi connectivity index (χ2v) is 10.1. The Labute approximate surface area is 242 Å². The molecule has 3 unspecified atom stereocenters. The van der Waals surface area contributed by atoms with Gasteiger partial charge in [-0.1, -0.05) is 0 Å². The third-order valence-electron chi connectivity index (χ3n) is 7.13. The van der Waals surface area contributed by atoms with Crippen LogP contribution in [0, 0.1) is 28.5 Å². The van der Waals surface area contributed by atoms with Crippen molar-refractivity contribution in [3.05, 3.63) is 88.7 Å². The van der Waals surface area contributed by atoms with Crippen molar-refractivity contribution in [2.24, 2.45) is 5.92 Å². The zero-order chi connectivity index (χ0) is 29.5. The summed E-state index contributed by atoms with van der Waals surface area (Å²) < 4.78 is 41.5. The number of nitrogens with zero attached hydrogens (tertiary/aromatic N) is 1. The number of epoxide rings is 1. The lowest BCUT2D eigenvalue weighted by Crippen LogP contribution is -2.19. The number of fused-ring (bicyclic) bond motifs is 1. The number of carbonyl (C=O) groups excluding carboxylic acids is 2. The van der Waals surface area contributed by atoms with Crippen LogP contribution in [0.4, 0.5) is 4.39 Å². The van der Waals surface area contributed by atoms with Crippen LogP contribution >= 0.6 is 0 Å². The van der Waals surface area contributed by atoms with Crippen molar-refractivity contribution in [3.8, 4) is 23.3 Å². The maximum atomic E-state index is 13.8. The molecule has 0 radical (unpaired) electrons. The highest BCUT2D eigenvalue weighted by Gasteiger charge is 2.43. The van der Waals surface area contributed by atoms with E-state index in [1.165, 1.54) is 36.8 Å². The molecule has 1 heterocycles. The lowest BCUT2D eigenvalue weighted by atomic mass is 9.90. The molecule has 2 aliphatic rings. The van der Waals surface area contributed by atoms with Crippen LogP contribution in [0.25, 0.3) is 0 Å². The molecule has 0 bridgehead atoms. The third-order valence-corrected chi connectivity index (χ3v) is 7.13. The summed E-state index contributed by atoms with van der Waals surface area (Å²) in [6, 6.07) is 15.7. The van der Waals surface area contributed by atoms with E-state index in [0.717, 1.165) is 38.2 Å². The predicted octanol–water partition coefficient (Wildman–Crippen LogP) is 5.49. The van der Waals surface area contributed by atoms with E-state index in [1.807, 2.05) is 0 Å². The largest absolute Gasteiger partial charge is 0.494 e. The van der Waals surface area contributed by atoms with Gasteiger partial charge in [0.05, 0.1) is 35.5 Å². The molecule has 3 aromatic rings. The average molecular weight is 573 g/mol. The molecule has 9 nitrogen and oxygen atoms in total. The maximum absolute atomic E-state index is 13.8. The molecule has 2 fully saturated rings. The van der Waals surface area contributed by atoms with Crippen LogP contribution in [-0.2, 0) is 9.47 Å². The minimum atomic E-state index is -0.813. The van der Waals surface area contributed by atoms with Gasteiger partial charge < -0.3 is 29.1 Å². The van der Waals surface area contributed by atoms with Gasteiger partial charge >= 0.3 is 11.9 Å². The molecule has 216 valence electrons. The number of hydrogen-bond acceptors (Lipinski definition) is 9. The monoisotopic (exact) mass is 572 g/mol. The molecule has 10 heteroatoms. The van der Waals surface area contributed by atoms with Crippen molar-refractivity contribution in [2.45, 2.75) is 37.9 Å². The summed E-state index contributed by atoms with van der Waals surface area (Å²) in [4.78, 5) is 25.2. The van der Waals surface area contributed by atoms with Crippen molar-refractivity contribution in [2.75, 3.05) is 19.8 Å². The highest BCUT2D eigenvalue weighted by Crippen LogP contribution is 2.39. The van der Waals surface area contributed by atoms with Crippen molar-refractivity contribution < 1.29 is 37.7 Å². The van der Waals surface area contributed by atoms with E-state index in [9.17, 15) is 14.0 Å². The van der Waals surface area contributed by atoms with Gasteiger partial charge in [0.25, 0.3) is 0 Å². The molecule has 3 atom stereocenters. The Morgan fingerprint density at radius 3 is 2.45 bits per heavy atom. The Morgan fingerprint density at radius 1 is 0.952 bits per heavy atom. The van der Waals surface area contributed by atoms with Gasteiger partial charge in [-0.25, -0.2) is 14.0 Å². The number of hydrogen-bond donors (Lipinski definition) is 1. The molecular weight excluding hydrogens is 543 g/mol. The number of benzene rings is 3. The van der Waals surface area contributed by atoms with Crippen molar-refractivity contribution >= 4 is 18.2 Å². The topological polar surface area (TPSA) is 131 Å². The molecule has 3 aromatic carbocycles. The molecule has 1 aliphatic heterocycles. The third kappa shape index (κ3) is 7.37. The molecule has 5 rings (SSSR count). The van der Waals surface area contributed by atoms with Gasteiger partial charge in [0.2, 0.25) is 0 Å². The van der Waals surface area contributed by atoms with Crippen LogP contribution in [0.1, 0.15) is 57.5 Å². The first-order chi connectivity index (χ1) is 20.4. The van der Waals surface area contributed by atoms with E-state index in [4.69, 9.17) is 34.4 Å². The number of nitrogens with one attached hydrogen (secondary N) is 1.